The Balaban J connectivity index is 1.80. The molecule has 2 N–H and O–H groups in total. The highest BCUT2D eigenvalue weighted by Crippen LogP contribution is 2.35. The van der Waals surface area contributed by atoms with Crippen LogP contribution in [0, 0.1) is 6.92 Å². The van der Waals surface area contributed by atoms with Crippen LogP contribution in [-0.4, -0.2) is 42.3 Å². The van der Waals surface area contributed by atoms with Crippen molar-refractivity contribution in [2.45, 2.75) is 29.6 Å². The van der Waals surface area contributed by atoms with Crippen LogP contribution in [0.25, 0.3) is 0 Å². The third-order valence-corrected chi connectivity index (χ3v) is 6.31. The van der Waals surface area contributed by atoms with Gasteiger partial charge in [-0.3, -0.25) is 5.32 Å². The second kappa shape index (κ2) is 7.46. The van der Waals surface area contributed by atoms with Crippen molar-refractivity contribution in [3.8, 4) is 6.01 Å². The van der Waals surface area contributed by atoms with E-state index in [1.54, 1.807) is 13.0 Å². The summed E-state index contributed by atoms with van der Waals surface area (Å²) in [5, 5.41) is 2.29. The lowest BCUT2D eigenvalue weighted by atomic mass is 10.1. The molecule has 26 heavy (non-hydrogen) atoms. The molecule has 2 amide bonds. The number of fused-ring (bicyclic) bond motifs is 1. The Hall–Kier alpha value is -2.40. The highest BCUT2D eigenvalue weighted by molar-refractivity contribution is 8.00. The number of nitrogens with one attached hydrogen (secondary N) is 2. The Morgan fingerprint density at radius 2 is 2.08 bits per heavy atom. The molecule has 0 unspecified atom stereocenters. The van der Waals surface area contributed by atoms with Crippen LogP contribution in [0.4, 0.5) is 10.7 Å². The van der Waals surface area contributed by atoms with Crippen molar-refractivity contribution in [1.82, 2.24) is 19.7 Å². The summed E-state index contributed by atoms with van der Waals surface area (Å²) in [5.74, 6) is 1.06. The van der Waals surface area contributed by atoms with Crippen LogP contribution in [0.2, 0.25) is 0 Å². The van der Waals surface area contributed by atoms with Gasteiger partial charge < -0.3 is 4.74 Å². The van der Waals surface area contributed by atoms with Crippen molar-refractivity contribution < 1.29 is 17.9 Å². The fourth-order valence-electron chi connectivity index (χ4n) is 2.48. The van der Waals surface area contributed by atoms with Crippen molar-refractivity contribution in [1.29, 1.82) is 0 Å². The normalized spacial score (nSPS) is 13.6. The minimum atomic E-state index is -4.03. The number of aryl methyl sites for hydroxylation is 2. The summed E-state index contributed by atoms with van der Waals surface area (Å²) in [7, 11) is -2.66. The van der Waals surface area contributed by atoms with E-state index in [9.17, 15) is 13.2 Å². The van der Waals surface area contributed by atoms with Gasteiger partial charge in [-0.15, -0.1) is 11.8 Å². The molecular formula is C15H17N5O4S2. The average molecular weight is 395 g/mol. The lowest BCUT2D eigenvalue weighted by Crippen LogP contribution is -2.35. The number of hydrogen-bond acceptors (Lipinski definition) is 8. The first-order chi connectivity index (χ1) is 12.4. The number of thioether (sulfide) groups is 1. The van der Waals surface area contributed by atoms with E-state index in [4.69, 9.17) is 4.74 Å². The van der Waals surface area contributed by atoms with E-state index in [1.165, 1.54) is 24.9 Å². The zero-order valence-electron chi connectivity index (χ0n) is 14.1. The van der Waals surface area contributed by atoms with Gasteiger partial charge in [0.2, 0.25) is 5.95 Å². The highest BCUT2D eigenvalue weighted by Gasteiger charge is 2.25. The van der Waals surface area contributed by atoms with E-state index in [1.807, 2.05) is 10.8 Å². The number of urea groups is 1. The van der Waals surface area contributed by atoms with Gasteiger partial charge in [-0.25, -0.2) is 17.9 Å². The van der Waals surface area contributed by atoms with E-state index in [2.05, 4.69) is 20.3 Å². The van der Waals surface area contributed by atoms with Gasteiger partial charge in [-0.2, -0.15) is 15.0 Å². The Labute approximate surface area is 155 Å². The molecule has 138 valence electrons. The molecule has 0 bridgehead atoms. The first-order valence-corrected chi connectivity index (χ1v) is 10.2. The Kier molecular flexibility index (Phi) is 5.28. The van der Waals surface area contributed by atoms with Gasteiger partial charge >= 0.3 is 12.0 Å². The van der Waals surface area contributed by atoms with E-state index < -0.39 is 16.1 Å². The summed E-state index contributed by atoms with van der Waals surface area (Å²) in [6, 6.07) is 4.13. The third-order valence-electron chi connectivity index (χ3n) is 3.55. The number of nitrogens with zero attached hydrogens (tertiary/aromatic N) is 3. The zero-order valence-corrected chi connectivity index (χ0v) is 15.8. The summed E-state index contributed by atoms with van der Waals surface area (Å²) in [4.78, 5) is 24.6. The Bertz CT molecular complexity index is 949. The minimum Gasteiger partial charge on any atom is -0.467 e. The zero-order chi connectivity index (χ0) is 18.7. The minimum absolute atomic E-state index is 0.0178. The van der Waals surface area contributed by atoms with Gasteiger partial charge in [0.05, 0.1) is 7.11 Å². The predicted octanol–water partition coefficient (Wildman–Crippen LogP) is 1.74. The first-order valence-electron chi connectivity index (χ1n) is 7.74. The fourth-order valence-corrected chi connectivity index (χ4v) is 5.08. The van der Waals surface area contributed by atoms with Gasteiger partial charge in [-0.05, 0) is 37.1 Å². The van der Waals surface area contributed by atoms with E-state index in [0.717, 1.165) is 24.2 Å². The number of carbonyl (C=O) groups is 1. The topological polar surface area (TPSA) is 123 Å². The molecule has 11 heteroatoms. The summed E-state index contributed by atoms with van der Waals surface area (Å²) in [6.45, 7) is 1.59. The molecule has 1 aliphatic heterocycles. The molecule has 0 saturated heterocycles. The maximum absolute atomic E-state index is 12.6. The summed E-state index contributed by atoms with van der Waals surface area (Å²) in [6.07, 6.45) is 1.82. The molecule has 0 fully saturated rings. The number of aromatic nitrogens is 3. The number of sulfonamides is 1. The van der Waals surface area contributed by atoms with Crippen LogP contribution >= 0.6 is 11.8 Å². The third kappa shape index (κ3) is 4.05. The number of carbonyl (C=O) groups excluding carboxylic acids is 1. The molecule has 0 spiro atoms. The summed E-state index contributed by atoms with van der Waals surface area (Å²) < 4.78 is 32.2. The number of methoxy groups -OCH3 is 1. The molecule has 2 heterocycles. The quantitative estimate of drug-likeness (QED) is 0.802. The summed E-state index contributed by atoms with van der Waals surface area (Å²) >= 11 is 1.48. The second-order valence-electron chi connectivity index (χ2n) is 5.45. The number of ether oxygens (including phenoxy) is 1. The molecule has 1 aromatic heterocycles. The molecule has 1 aliphatic rings. The second-order valence-corrected chi connectivity index (χ2v) is 8.20. The number of anilines is 1. The van der Waals surface area contributed by atoms with E-state index >= 15 is 0 Å². The SMILES string of the molecule is COc1nc(C)nc(NC(=O)NS(=O)(=O)c2cccc3c2SCCC3)n1. The molecule has 0 saturated carbocycles. The van der Waals surface area contributed by atoms with Gasteiger partial charge in [0, 0.05) is 4.90 Å². The molecule has 3 rings (SSSR count). The lowest BCUT2D eigenvalue weighted by molar-refractivity contribution is 0.256. The van der Waals surface area contributed by atoms with Gasteiger partial charge in [0.25, 0.3) is 10.0 Å². The van der Waals surface area contributed by atoms with Crippen molar-refractivity contribution in [2.24, 2.45) is 0 Å². The van der Waals surface area contributed by atoms with Crippen LogP contribution < -0.4 is 14.8 Å². The maximum Gasteiger partial charge on any atom is 0.335 e. The van der Waals surface area contributed by atoms with Crippen LogP contribution in [0.3, 0.4) is 0 Å². The smallest absolute Gasteiger partial charge is 0.335 e. The predicted molar refractivity (Wildman–Crippen MR) is 95.9 cm³/mol. The molecule has 9 nitrogen and oxygen atoms in total. The average Bonchev–Trinajstić information content (AvgIpc) is 2.60. The van der Waals surface area contributed by atoms with Crippen LogP contribution in [-0.2, 0) is 16.4 Å². The molecule has 0 atom stereocenters. The maximum atomic E-state index is 12.6. The molecule has 0 radical (unpaired) electrons. The molecule has 1 aromatic carbocycles. The fraction of sp³-hybridized carbons (Fsp3) is 0.333. The van der Waals surface area contributed by atoms with Crippen LogP contribution in [0.5, 0.6) is 6.01 Å². The number of rotatable bonds is 4. The largest absolute Gasteiger partial charge is 0.467 e. The van der Waals surface area contributed by atoms with E-state index in [-0.39, 0.29) is 16.9 Å². The van der Waals surface area contributed by atoms with Crippen LogP contribution in [0.1, 0.15) is 17.8 Å². The molecule has 0 aliphatic carbocycles. The van der Waals surface area contributed by atoms with Crippen LogP contribution in [0.15, 0.2) is 28.0 Å². The van der Waals surface area contributed by atoms with Crippen molar-refractivity contribution in [2.75, 3.05) is 18.2 Å². The standard InChI is InChI=1S/C15H17N5O4S2/c1-9-16-13(19-15(17-9)24-2)18-14(21)20-26(22,23)11-7-3-5-10-6-4-8-25-12(10)11/h3,5,7H,4,6,8H2,1-2H3,(H2,16,17,18,19,20,21). The monoisotopic (exact) mass is 395 g/mol. The van der Waals surface area contributed by atoms with Crippen molar-refractivity contribution in [3.05, 3.63) is 29.6 Å². The highest BCUT2D eigenvalue weighted by atomic mass is 32.2. The Morgan fingerprint density at radius 3 is 2.85 bits per heavy atom. The van der Waals surface area contributed by atoms with Gasteiger partial charge in [-0.1, -0.05) is 12.1 Å². The molecule has 2 aromatic rings. The van der Waals surface area contributed by atoms with E-state index in [0.29, 0.717) is 10.7 Å². The summed E-state index contributed by atoms with van der Waals surface area (Å²) in [5.41, 5.74) is 0.974. The lowest BCUT2D eigenvalue weighted by Gasteiger charge is -2.18. The van der Waals surface area contributed by atoms with Gasteiger partial charge in [0.15, 0.2) is 0 Å². The van der Waals surface area contributed by atoms with Crippen molar-refractivity contribution >= 4 is 33.8 Å². The first kappa shape index (κ1) is 18.4. The van der Waals surface area contributed by atoms with Gasteiger partial charge in [0.1, 0.15) is 10.7 Å². The Morgan fingerprint density at radius 1 is 1.27 bits per heavy atom. The number of hydrogen-bond donors (Lipinski definition) is 2. The number of amides is 2. The van der Waals surface area contributed by atoms with Crippen molar-refractivity contribution in [3.63, 3.8) is 0 Å². The molecular weight excluding hydrogens is 378 g/mol. The number of benzene rings is 1.